The quantitative estimate of drug-likeness (QED) is 0.770. The van der Waals surface area contributed by atoms with Crippen LogP contribution in [0.3, 0.4) is 0 Å². The molecule has 3 aliphatic rings. The van der Waals surface area contributed by atoms with E-state index >= 15 is 0 Å². The van der Waals surface area contributed by atoms with E-state index in [1.165, 1.54) is 5.56 Å². The van der Waals surface area contributed by atoms with Gasteiger partial charge in [-0.05, 0) is 36.5 Å². The van der Waals surface area contributed by atoms with Crippen LogP contribution in [0.2, 0.25) is 0 Å². The zero-order valence-corrected chi connectivity index (χ0v) is 17.0. The number of nitrogens with zero attached hydrogens (tertiary/aromatic N) is 4. The number of piperazine rings is 1. The molecule has 2 aliphatic heterocycles. The second-order valence-electron chi connectivity index (χ2n) is 8.45. The van der Waals surface area contributed by atoms with Crippen LogP contribution in [0.25, 0.3) is 0 Å². The number of amides is 4. The number of hydrogen-bond acceptors (Lipinski definition) is 5. The van der Waals surface area contributed by atoms with Gasteiger partial charge in [-0.2, -0.15) is 0 Å². The lowest BCUT2D eigenvalue weighted by molar-refractivity contribution is -0.141. The summed E-state index contributed by atoms with van der Waals surface area (Å²) in [6.07, 6.45) is 7.16. The Hall–Kier alpha value is -2.48. The topological polar surface area (TPSA) is 85.8 Å². The fourth-order valence-electron chi connectivity index (χ4n) is 4.78. The highest BCUT2D eigenvalue weighted by Gasteiger charge is 2.55. The molecular weight excluding hydrogens is 370 g/mol. The van der Waals surface area contributed by atoms with Crippen molar-refractivity contribution >= 4 is 17.8 Å². The van der Waals surface area contributed by atoms with Crippen LogP contribution >= 0.6 is 0 Å². The van der Waals surface area contributed by atoms with Crippen molar-refractivity contribution in [1.82, 2.24) is 25.0 Å². The van der Waals surface area contributed by atoms with Gasteiger partial charge in [-0.3, -0.25) is 24.4 Å². The largest absolute Gasteiger partial charge is 0.339 e. The maximum absolute atomic E-state index is 13.0. The van der Waals surface area contributed by atoms with E-state index in [1.807, 2.05) is 19.1 Å². The van der Waals surface area contributed by atoms with Crippen molar-refractivity contribution in [1.29, 1.82) is 0 Å². The normalized spacial score (nSPS) is 28.1. The van der Waals surface area contributed by atoms with E-state index in [1.54, 1.807) is 17.3 Å². The van der Waals surface area contributed by atoms with Crippen LogP contribution in [0.5, 0.6) is 0 Å². The molecule has 0 unspecified atom stereocenters. The Morgan fingerprint density at radius 2 is 1.90 bits per heavy atom. The maximum Gasteiger partial charge on any atom is 0.325 e. The van der Waals surface area contributed by atoms with Crippen LogP contribution in [-0.4, -0.2) is 75.8 Å². The highest BCUT2D eigenvalue weighted by molar-refractivity contribution is 6.09. The molecule has 3 heterocycles. The van der Waals surface area contributed by atoms with Crippen molar-refractivity contribution in [3.8, 4) is 0 Å². The Morgan fingerprint density at radius 3 is 2.59 bits per heavy atom. The van der Waals surface area contributed by atoms with Crippen LogP contribution in [0.15, 0.2) is 24.5 Å². The van der Waals surface area contributed by atoms with Gasteiger partial charge in [-0.1, -0.05) is 19.8 Å². The molecule has 0 aromatic carbocycles. The summed E-state index contributed by atoms with van der Waals surface area (Å²) in [6, 6.07) is 3.57. The first-order valence-corrected chi connectivity index (χ1v) is 10.5. The molecule has 1 saturated carbocycles. The average Bonchev–Trinajstić information content (AvgIpc) is 2.96. The maximum atomic E-state index is 13.0. The predicted molar refractivity (Wildman–Crippen MR) is 107 cm³/mol. The molecule has 29 heavy (non-hydrogen) atoms. The number of hydrogen-bond donors (Lipinski definition) is 1. The van der Waals surface area contributed by atoms with E-state index in [4.69, 9.17) is 0 Å². The van der Waals surface area contributed by atoms with Gasteiger partial charge in [0.05, 0.1) is 0 Å². The number of carbonyl (C=O) groups is 3. The summed E-state index contributed by atoms with van der Waals surface area (Å²) in [5.74, 6) is -0.276. The first kappa shape index (κ1) is 19.8. The van der Waals surface area contributed by atoms with Gasteiger partial charge in [0.15, 0.2) is 0 Å². The third kappa shape index (κ3) is 3.85. The van der Waals surface area contributed by atoms with Crippen molar-refractivity contribution < 1.29 is 14.4 Å². The van der Waals surface area contributed by atoms with Crippen molar-refractivity contribution in [2.24, 2.45) is 5.92 Å². The summed E-state index contributed by atoms with van der Waals surface area (Å²) < 4.78 is 0. The third-order valence-electron chi connectivity index (χ3n) is 6.68. The van der Waals surface area contributed by atoms with Gasteiger partial charge in [0.25, 0.3) is 5.91 Å². The molecule has 156 valence electrons. The molecule has 1 aromatic heterocycles. The molecule has 8 nitrogen and oxygen atoms in total. The molecule has 3 fully saturated rings. The van der Waals surface area contributed by atoms with Crippen LogP contribution in [0, 0.1) is 5.92 Å². The molecule has 2 saturated heterocycles. The highest BCUT2D eigenvalue weighted by atomic mass is 16.2. The Labute approximate surface area is 171 Å². The van der Waals surface area contributed by atoms with Crippen molar-refractivity contribution in [2.45, 2.75) is 44.7 Å². The monoisotopic (exact) mass is 399 g/mol. The second-order valence-corrected chi connectivity index (χ2v) is 8.45. The Balaban J connectivity index is 1.32. The second kappa shape index (κ2) is 8.10. The molecule has 1 N–H and O–H groups in total. The van der Waals surface area contributed by atoms with E-state index in [9.17, 15) is 14.4 Å². The van der Waals surface area contributed by atoms with Gasteiger partial charge in [0.2, 0.25) is 5.91 Å². The van der Waals surface area contributed by atoms with Gasteiger partial charge >= 0.3 is 6.03 Å². The van der Waals surface area contributed by atoms with Crippen molar-refractivity contribution in [2.75, 3.05) is 32.7 Å². The summed E-state index contributed by atoms with van der Waals surface area (Å²) in [7, 11) is 0. The number of imide groups is 1. The zero-order chi connectivity index (χ0) is 20.4. The van der Waals surface area contributed by atoms with Crippen LogP contribution in [0.1, 0.15) is 38.2 Å². The van der Waals surface area contributed by atoms with E-state index in [0.29, 0.717) is 19.5 Å². The molecule has 8 heteroatoms. The lowest BCUT2D eigenvalue weighted by Crippen LogP contribution is -2.54. The number of urea groups is 1. The average molecular weight is 399 g/mol. The van der Waals surface area contributed by atoms with Crippen molar-refractivity contribution in [3.05, 3.63) is 30.1 Å². The molecule has 0 radical (unpaired) electrons. The zero-order valence-electron chi connectivity index (χ0n) is 17.0. The number of nitrogens with one attached hydrogen (secondary N) is 1. The summed E-state index contributed by atoms with van der Waals surface area (Å²) >= 11 is 0. The lowest BCUT2D eigenvalue weighted by Gasteiger charge is -2.37. The fourth-order valence-corrected chi connectivity index (χ4v) is 4.78. The van der Waals surface area contributed by atoms with Crippen molar-refractivity contribution in [3.63, 3.8) is 0 Å². The van der Waals surface area contributed by atoms with E-state index < -0.39 is 11.6 Å². The summed E-state index contributed by atoms with van der Waals surface area (Å²) in [4.78, 5) is 47.5. The predicted octanol–water partition coefficient (Wildman–Crippen LogP) is 1.23. The standard InChI is InChI=1S/C21H29N5O3/c1-16-4-2-3-7-21(16)19(28)26(20(29)23-21)15-18(27)25-12-10-24(11-13-25)14-17-5-8-22-9-6-17/h5-6,8-9,16H,2-4,7,10-15H2,1H3,(H,23,29)/t16-,21-/m1/s1. The molecule has 1 aromatic rings. The van der Waals surface area contributed by atoms with Gasteiger partial charge in [0.1, 0.15) is 12.1 Å². The Bertz CT molecular complexity index is 778. The van der Waals surface area contributed by atoms with Gasteiger partial charge in [0, 0.05) is 45.1 Å². The van der Waals surface area contributed by atoms with Crippen LogP contribution in [-0.2, 0) is 16.1 Å². The number of pyridine rings is 1. The first-order chi connectivity index (χ1) is 14.0. The molecule has 2 atom stereocenters. The Morgan fingerprint density at radius 1 is 1.17 bits per heavy atom. The van der Waals surface area contributed by atoms with Gasteiger partial charge in [-0.15, -0.1) is 0 Å². The number of aromatic nitrogens is 1. The lowest BCUT2D eigenvalue weighted by atomic mass is 9.73. The SMILES string of the molecule is C[C@@H]1CCCC[C@@]12NC(=O)N(CC(=O)N1CCN(Cc3ccncc3)CC1)C2=O. The Kier molecular flexibility index (Phi) is 5.54. The third-order valence-corrected chi connectivity index (χ3v) is 6.68. The summed E-state index contributed by atoms with van der Waals surface area (Å²) in [5, 5.41) is 2.91. The molecular formula is C21H29N5O3. The minimum absolute atomic E-state index is 0.101. The van der Waals surface area contributed by atoms with Crippen LogP contribution in [0.4, 0.5) is 4.79 Å². The molecule has 1 spiro atoms. The van der Waals surface area contributed by atoms with Gasteiger partial charge in [-0.25, -0.2) is 4.79 Å². The number of carbonyl (C=O) groups excluding carboxylic acids is 3. The van der Waals surface area contributed by atoms with Gasteiger partial charge < -0.3 is 10.2 Å². The highest BCUT2D eigenvalue weighted by Crippen LogP contribution is 2.38. The first-order valence-electron chi connectivity index (χ1n) is 10.5. The molecule has 1 aliphatic carbocycles. The summed E-state index contributed by atoms with van der Waals surface area (Å²) in [5.41, 5.74) is 0.393. The summed E-state index contributed by atoms with van der Waals surface area (Å²) in [6.45, 7) is 5.45. The minimum Gasteiger partial charge on any atom is -0.339 e. The fraction of sp³-hybridized carbons (Fsp3) is 0.619. The molecule has 0 bridgehead atoms. The number of rotatable bonds is 4. The minimum atomic E-state index is -0.807. The molecule has 4 rings (SSSR count). The van der Waals surface area contributed by atoms with E-state index in [0.717, 1.165) is 43.8 Å². The smallest absolute Gasteiger partial charge is 0.325 e. The molecule has 4 amide bonds. The van der Waals surface area contributed by atoms with E-state index in [-0.39, 0.29) is 24.3 Å². The van der Waals surface area contributed by atoms with Crippen LogP contribution < -0.4 is 5.32 Å². The van der Waals surface area contributed by atoms with E-state index in [2.05, 4.69) is 15.2 Å².